The number of halogens is 1. The first kappa shape index (κ1) is 12.0. The maximum atomic E-state index is 11.7. The van der Waals surface area contributed by atoms with Crippen molar-refractivity contribution >= 4 is 34.2 Å². The molecular weight excluding hydrogens is 327 g/mol. The molecule has 1 heterocycles. The Kier molecular flexibility index (Phi) is 4.08. The molecule has 86 valence electrons. The van der Waals surface area contributed by atoms with Crippen LogP contribution in [0.15, 0.2) is 48.7 Å². The number of benzene rings is 1. The summed E-state index contributed by atoms with van der Waals surface area (Å²) in [5, 5.41) is 2.84. The lowest BCUT2D eigenvalue weighted by Crippen LogP contribution is -2.14. The predicted octanol–water partition coefficient (Wildman–Crippen LogP) is 2.87. The predicted molar refractivity (Wildman–Crippen MR) is 75.7 cm³/mol. The number of aromatic nitrogens is 1. The molecule has 0 radical (unpaired) electrons. The van der Waals surface area contributed by atoms with Crippen molar-refractivity contribution in [1.29, 1.82) is 0 Å². The average Bonchev–Trinajstić information content (AvgIpc) is 2.33. The van der Waals surface area contributed by atoms with Crippen molar-refractivity contribution in [1.82, 2.24) is 4.98 Å². The highest BCUT2D eigenvalue weighted by Crippen LogP contribution is 2.11. The van der Waals surface area contributed by atoms with E-state index >= 15 is 0 Å². The fraction of sp³-hybridized carbons (Fsp3) is 0.0769. The van der Waals surface area contributed by atoms with Crippen molar-refractivity contribution in [2.24, 2.45) is 0 Å². The number of nitrogens with one attached hydrogen (secondary N) is 1. The minimum absolute atomic E-state index is 0.0510. The van der Waals surface area contributed by atoms with E-state index in [0.29, 0.717) is 6.42 Å². The molecule has 0 atom stereocenters. The number of hydrogen-bond acceptors (Lipinski definition) is 2. The first-order valence-corrected chi connectivity index (χ1v) is 6.27. The monoisotopic (exact) mass is 338 g/mol. The Labute approximate surface area is 113 Å². The lowest BCUT2D eigenvalue weighted by atomic mass is 10.2. The molecule has 1 aromatic heterocycles. The van der Waals surface area contributed by atoms with Gasteiger partial charge in [-0.1, -0.05) is 6.07 Å². The van der Waals surface area contributed by atoms with Crippen LogP contribution in [0.1, 0.15) is 5.69 Å². The Bertz CT molecular complexity index is 497. The minimum Gasteiger partial charge on any atom is -0.326 e. The molecule has 4 heteroatoms. The summed E-state index contributed by atoms with van der Waals surface area (Å²) in [6, 6.07) is 13.2. The molecular formula is C13H11IN2O. The van der Waals surface area contributed by atoms with E-state index in [-0.39, 0.29) is 5.91 Å². The van der Waals surface area contributed by atoms with Crippen LogP contribution in [0.2, 0.25) is 0 Å². The van der Waals surface area contributed by atoms with E-state index in [0.717, 1.165) is 15.0 Å². The zero-order chi connectivity index (χ0) is 12.1. The van der Waals surface area contributed by atoms with Crippen molar-refractivity contribution in [2.45, 2.75) is 6.42 Å². The van der Waals surface area contributed by atoms with Gasteiger partial charge in [0.05, 0.1) is 6.42 Å². The van der Waals surface area contributed by atoms with Crippen LogP contribution in [0.4, 0.5) is 5.69 Å². The average molecular weight is 338 g/mol. The molecule has 1 N–H and O–H groups in total. The molecule has 2 rings (SSSR count). The van der Waals surface area contributed by atoms with Crippen LogP contribution < -0.4 is 5.32 Å². The molecule has 0 aliphatic heterocycles. The van der Waals surface area contributed by atoms with Gasteiger partial charge in [-0.3, -0.25) is 9.78 Å². The van der Waals surface area contributed by atoms with Gasteiger partial charge in [0.2, 0.25) is 5.91 Å². The zero-order valence-corrected chi connectivity index (χ0v) is 11.2. The number of anilines is 1. The van der Waals surface area contributed by atoms with Crippen molar-refractivity contribution in [2.75, 3.05) is 5.32 Å². The second kappa shape index (κ2) is 5.77. The van der Waals surface area contributed by atoms with E-state index in [1.54, 1.807) is 6.20 Å². The molecule has 0 spiro atoms. The zero-order valence-electron chi connectivity index (χ0n) is 9.06. The molecule has 3 nitrogen and oxygen atoms in total. The van der Waals surface area contributed by atoms with Crippen LogP contribution >= 0.6 is 22.6 Å². The Morgan fingerprint density at radius 1 is 1.18 bits per heavy atom. The van der Waals surface area contributed by atoms with Gasteiger partial charge in [-0.25, -0.2) is 0 Å². The Balaban J connectivity index is 1.96. The third-order valence-corrected chi connectivity index (χ3v) is 2.91. The fourth-order valence-electron chi connectivity index (χ4n) is 1.41. The van der Waals surface area contributed by atoms with E-state index in [1.807, 2.05) is 42.5 Å². The van der Waals surface area contributed by atoms with E-state index in [2.05, 4.69) is 32.9 Å². The van der Waals surface area contributed by atoms with Gasteiger partial charge >= 0.3 is 0 Å². The molecule has 0 bridgehead atoms. The molecule has 1 amide bonds. The van der Waals surface area contributed by atoms with Crippen molar-refractivity contribution in [3.8, 4) is 0 Å². The first-order chi connectivity index (χ1) is 8.24. The Morgan fingerprint density at radius 3 is 2.59 bits per heavy atom. The minimum atomic E-state index is -0.0510. The molecule has 0 saturated carbocycles. The third-order valence-electron chi connectivity index (χ3n) is 2.20. The summed E-state index contributed by atoms with van der Waals surface area (Å²) in [5.74, 6) is -0.0510. The van der Waals surface area contributed by atoms with E-state index in [4.69, 9.17) is 0 Å². The number of carbonyl (C=O) groups excluding carboxylic acids is 1. The van der Waals surface area contributed by atoms with Crippen LogP contribution in [-0.4, -0.2) is 10.9 Å². The van der Waals surface area contributed by atoms with Crippen molar-refractivity contribution < 1.29 is 4.79 Å². The second-order valence-electron chi connectivity index (χ2n) is 3.55. The van der Waals surface area contributed by atoms with E-state index in [1.165, 1.54) is 0 Å². The highest BCUT2D eigenvalue weighted by molar-refractivity contribution is 14.1. The number of amides is 1. The van der Waals surface area contributed by atoms with Crippen LogP contribution in [0.25, 0.3) is 0 Å². The summed E-state index contributed by atoms with van der Waals surface area (Å²) >= 11 is 2.23. The van der Waals surface area contributed by atoms with Gasteiger partial charge in [0.1, 0.15) is 0 Å². The maximum absolute atomic E-state index is 11.7. The summed E-state index contributed by atoms with van der Waals surface area (Å²) in [6.45, 7) is 0. The number of nitrogens with zero attached hydrogens (tertiary/aromatic N) is 1. The highest BCUT2D eigenvalue weighted by atomic mass is 127. The van der Waals surface area contributed by atoms with Gasteiger partial charge < -0.3 is 5.32 Å². The maximum Gasteiger partial charge on any atom is 0.230 e. The van der Waals surface area contributed by atoms with Gasteiger partial charge in [-0.2, -0.15) is 0 Å². The largest absolute Gasteiger partial charge is 0.326 e. The number of rotatable bonds is 3. The number of carbonyl (C=O) groups is 1. The van der Waals surface area contributed by atoms with E-state index < -0.39 is 0 Å². The second-order valence-corrected chi connectivity index (χ2v) is 4.80. The highest BCUT2D eigenvalue weighted by Gasteiger charge is 2.04. The standard InChI is InChI=1S/C13H11IN2O/c14-10-4-6-11(7-5-10)16-13(17)9-12-3-1-2-8-15-12/h1-8H,9H2,(H,16,17). The summed E-state index contributed by atoms with van der Waals surface area (Å²) in [5.41, 5.74) is 1.59. The lowest BCUT2D eigenvalue weighted by molar-refractivity contribution is -0.115. The molecule has 0 unspecified atom stereocenters. The van der Waals surface area contributed by atoms with E-state index in [9.17, 15) is 4.79 Å². The molecule has 0 saturated heterocycles. The first-order valence-electron chi connectivity index (χ1n) is 5.19. The summed E-state index contributed by atoms with van der Waals surface area (Å²) in [7, 11) is 0. The lowest BCUT2D eigenvalue weighted by Gasteiger charge is -2.04. The van der Waals surface area contributed by atoms with Gasteiger partial charge in [0, 0.05) is 21.1 Å². The Hall–Kier alpha value is -1.43. The summed E-state index contributed by atoms with van der Waals surface area (Å²) < 4.78 is 1.14. The van der Waals surface area contributed by atoms with Crippen LogP contribution in [-0.2, 0) is 11.2 Å². The van der Waals surface area contributed by atoms with Gasteiger partial charge in [-0.15, -0.1) is 0 Å². The molecule has 0 fully saturated rings. The van der Waals surface area contributed by atoms with Gasteiger partial charge in [0.25, 0.3) is 0 Å². The topological polar surface area (TPSA) is 42.0 Å². The Morgan fingerprint density at radius 2 is 1.94 bits per heavy atom. The van der Waals surface area contributed by atoms with Gasteiger partial charge in [-0.05, 0) is 59.0 Å². The normalized spacial score (nSPS) is 9.94. The quantitative estimate of drug-likeness (QED) is 0.875. The molecule has 0 aliphatic rings. The smallest absolute Gasteiger partial charge is 0.230 e. The number of pyridine rings is 1. The molecule has 17 heavy (non-hydrogen) atoms. The molecule has 0 aliphatic carbocycles. The molecule has 2 aromatic rings. The van der Waals surface area contributed by atoms with Crippen molar-refractivity contribution in [3.63, 3.8) is 0 Å². The fourth-order valence-corrected chi connectivity index (χ4v) is 1.77. The van der Waals surface area contributed by atoms with Gasteiger partial charge in [0.15, 0.2) is 0 Å². The summed E-state index contributed by atoms with van der Waals surface area (Å²) in [4.78, 5) is 15.8. The van der Waals surface area contributed by atoms with Crippen LogP contribution in [0.5, 0.6) is 0 Å². The third kappa shape index (κ3) is 3.81. The number of hydrogen-bond donors (Lipinski definition) is 1. The van der Waals surface area contributed by atoms with Crippen LogP contribution in [0.3, 0.4) is 0 Å². The SMILES string of the molecule is O=C(Cc1ccccn1)Nc1ccc(I)cc1. The molecule has 1 aromatic carbocycles. The summed E-state index contributed by atoms with van der Waals surface area (Å²) in [6.07, 6.45) is 1.99. The van der Waals surface area contributed by atoms with Crippen molar-refractivity contribution in [3.05, 3.63) is 57.9 Å². The van der Waals surface area contributed by atoms with Crippen LogP contribution in [0, 0.1) is 3.57 Å².